The van der Waals surface area contributed by atoms with Crippen LogP contribution in [0.25, 0.3) is 32.3 Å². The minimum atomic E-state index is -1.40. The Hall–Kier alpha value is -3.45. The smallest absolute Gasteiger partial charge is 0.0542 e. The minimum Gasteiger partial charge on any atom is -0.254 e. The highest BCUT2D eigenvalue weighted by Gasteiger charge is 2.34. The van der Waals surface area contributed by atoms with Crippen LogP contribution in [-0.2, 0) is 32.4 Å². The van der Waals surface area contributed by atoms with E-state index >= 15 is 0 Å². The van der Waals surface area contributed by atoms with E-state index in [0.29, 0.717) is 0 Å². The molecule has 0 N–H and O–H groups in total. The molecule has 0 radical (unpaired) electrons. The minimum absolute atomic E-state index is 0.244. The molecule has 3 nitrogen and oxygen atoms in total. The molecule has 0 aromatic heterocycles. The number of rotatable bonds is 9. The number of fused-ring (bicyclic) bond motifs is 3. The van der Waals surface area contributed by atoms with Crippen LogP contribution in [0.5, 0.6) is 0 Å². The van der Waals surface area contributed by atoms with Crippen molar-refractivity contribution in [3.63, 3.8) is 0 Å². The summed E-state index contributed by atoms with van der Waals surface area (Å²) in [6, 6.07) is 41.3. The first-order chi connectivity index (χ1) is 19.9. The summed E-state index contributed by atoms with van der Waals surface area (Å²) >= 11 is 0. The van der Waals surface area contributed by atoms with Crippen LogP contribution in [0.3, 0.4) is 0 Å². The van der Waals surface area contributed by atoms with Gasteiger partial charge >= 0.3 is 0 Å². The third-order valence-electron chi connectivity index (χ3n) is 7.42. The van der Waals surface area contributed by atoms with Crippen LogP contribution in [0.15, 0.2) is 142 Å². The maximum absolute atomic E-state index is 14.0. The molecule has 0 aliphatic carbocycles. The Labute approximate surface area is 248 Å². The van der Waals surface area contributed by atoms with Crippen LogP contribution in [-0.4, -0.2) is 29.9 Å². The quantitative estimate of drug-likeness (QED) is 0.171. The highest BCUT2D eigenvalue weighted by atomic mass is 32.2. The molecule has 0 aliphatic rings. The SMILES string of the molecule is CC(CS(=O)c1cccc2ccccc12)(CS(=O)c1cccc2ccccc12)CS(=O)c1cccc2ccccc12. The summed E-state index contributed by atoms with van der Waals surface area (Å²) in [5.74, 6) is 0.732. The van der Waals surface area contributed by atoms with Gasteiger partial charge in [-0.15, -0.1) is 0 Å². The van der Waals surface area contributed by atoms with Gasteiger partial charge in [-0.2, -0.15) is 0 Å². The third kappa shape index (κ3) is 5.82. The molecule has 0 spiro atoms. The van der Waals surface area contributed by atoms with E-state index in [4.69, 9.17) is 0 Å². The van der Waals surface area contributed by atoms with Gasteiger partial charge in [0.25, 0.3) is 0 Å². The van der Waals surface area contributed by atoms with E-state index in [1.165, 1.54) is 0 Å². The first-order valence-electron chi connectivity index (χ1n) is 13.5. The molecule has 0 aliphatic heterocycles. The van der Waals surface area contributed by atoms with E-state index in [1.54, 1.807) is 0 Å². The van der Waals surface area contributed by atoms with Crippen molar-refractivity contribution in [3.05, 3.63) is 127 Å². The molecular formula is C35H30O3S3. The molecule has 6 rings (SSSR count). The average molecular weight is 595 g/mol. The lowest BCUT2D eigenvalue weighted by molar-refractivity contribution is 0.482. The normalized spacial score (nSPS) is 15.4. The van der Waals surface area contributed by atoms with Crippen LogP contribution in [0, 0.1) is 5.41 Å². The largest absolute Gasteiger partial charge is 0.254 e. The lowest BCUT2D eigenvalue weighted by Crippen LogP contribution is -2.36. The van der Waals surface area contributed by atoms with Crippen LogP contribution in [0.2, 0.25) is 0 Å². The summed E-state index contributed by atoms with van der Waals surface area (Å²) in [6.45, 7) is 1.99. The molecule has 6 aromatic rings. The molecule has 0 saturated carbocycles. The predicted molar refractivity (Wildman–Crippen MR) is 174 cm³/mol. The second kappa shape index (κ2) is 11.8. The maximum Gasteiger partial charge on any atom is 0.0542 e. The van der Waals surface area contributed by atoms with E-state index in [2.05, 4.69) is 0 Å². The van der Waals surface area contributed by atoms with E-state index in [1.807, 2.05) is 134 Å². The molecule has 0 saturated heterocycles. The van der Waals surface area contributed by atoms with Crippen molar-refractivity contribution in [2.45, 2.75) is 21.6 Å². The molecule has 6 aromatic carbocycles. The molecule has 0 heterocycles. The van der Waals surface area contributed by atoms with Gasteiger partial charge in [0.15, 0.2) is 0 Å². The monoisotopic (exact) mass is 594 g/mol. The summed E-state index contributed by atoms with van der Waals surface area (Å²) in [4.78, 5) is 2.25. The Kier molecular flexibility index (Phi) is 7.98. The summed E-state index contributed by atoms with van der Waals surface area (Å²) in [7, 11) is -4.19. The third-order valence-corrected chi connectivity index (χ3v) is 12.8. The Bertz CT molecular complexity index is 1720. The lowest BCUT2D eigenvalue weighted by Gasteiger charge is -2.29. The van der Waals surface area contributed by atoms with Gasteiger partial charge in [-0.25, -0.2) is 0 Å². The topological polar surface area (TPSA) is 51.2 Å². The van der Waals surface area contributed by atoms with Gasteiger partial charge in [0.05, 0.1) is 32.4 Å². The van der Waals surface area contributed by atoms with Crippen molar-refractivity contribution >= 4 is 64.7 Å². The van der Waals surface area contributed by atoms with Gasteiger partial charge in [-0.3, -0.25) is 12.6 Å². The molecule has 0 amide bonds. The van der Waals surface area contributed by atoms with E-state index < -0.39 is 37.8 Å². The Morgan fingerprint density at radius 3 is 1.00 bits per heavy atom. The number of benzene rings is 6. The van der Waals surface area contributed by atoms with Crippen LogP contribution in [0.1, 0.15) is 6.92 Å². The molecule has 0 fully saturated rings. The van der Waals surface area contributed by atoms with Crippen molar-refractivity contribution < 1.29 is 12.6 Å². The molecule has 0 bridgehead atoms. The van der Waals surface area contributed by atoms with Crippen molar-refractivity contribution in [2.75, 3.05) is 17.3 Å². The highest BCUT2D eigenvalue weighted by molar-refractivity contribution is 7.87. The summed E-state index contributed by atoms with van der Waals surface area (Å²) in [6.07, 6.45) is 0. The van der Waals surface area contributed by atoms with Crippen LogP contribution >= 0.6 is 0 Å². The number of hydrogen-bond acceptors (Lipinski definition) is 3. The van der Waals surface area contributed by atoms with Crippen molar-refractivity contribution in [1.29, 1.82) is 0 Å². The fourth-order valence-electron chi connectivity index (χ4n) is 5.49. The molecule has 3 atom stereocenters. The number of hydrogen-bond donors (Lipinski definition) is 0. The summed E-state index contributed by atoms with van der Waals surface area (Å²) in [5, 5.41) is 5.92. The van der Waals surface area contributed by atoms with Gasteiger partial charge in [0, 0.05) is 37.4 Å². The van der Waals surface area contributed by atoms with Gasteiger partial charge < -0.3 is 0 Å². The van der Waals surface area contributed by atoms with Crippen molar-refractivity contribution in [3.8, 4) is 0 Å². The predicted octanol–water partition coefficient (Wildman–Crippen LogP) is 7.88. The van der Waals surface area contributed by atoms with Crippen LogP contribution in [0.4, 0.5) is 0 Å². The van der Waals surface area contributed by atoms with Gasteiger partial charge in [0.1, 0.15) is 0 Å². The second-order valence-corrected chi connectivity index (χ2v) is 15.0. The average Bonchev–Trinajstić information content (AvgIpc) is 2.99. The maximum atomic E-state index is 14.0. The van der Waals surface area contributed by atoms with E-state index in [9.17, 15) is 12.6 Å². The molecule has 206 valence electrons. The van der Waals surface area contributed by atoms with Gasteiger partial charge in [0.2, 0.25) is 0 Å². The zero-order valence-corrected chi connectivity index (χ0v) is 25.1. The van der Waals surface area contributed by atoms with Gasteiger partial charge in [-0.1, -0.05) is 116 Å². The van der Waals surface area contributed by atoms with E-state index in [-0.39, 0.29) is 17.3 Å². The van der Waals surface area contributed by atoms with E-state index in [0.717, 1.165) is 47.0 Å². The fourth-order valence-corrected chi connectivity index (χ4v) is 10.8. The molecule has 3 unspecified atom stereocenters. The molecular weight excluding hydrogens is 565 g/mol. The molecule has 6 heteroatoms. The Morgan fingerprint density at radius 2 is 0.683 bits per heavy atom. The summed E-state index contributed by atoms with van der Waals surface area (Å²) in [5.41, 5.74) is -0.745. The lowest BCUT2D eigenvalue weighted by atomic mass is 9.99. The zero-order valence-electron chi connectivity index (χ0n) is 22.7. The molecule has 41 heavy (non-hydrogen) atoms. The Morgan fingerprint density at radius 1 is 0.415 bits per heavy atom. The van der Waals surface area contributed by atoms with Crippen molar-refractivity contribution in [2.24, 2.45) is 5.41 Å². The van der Waals surface area contributed by atoms with Crippen LogP contribution < -0.4 is 0 Å². The first kappa shape index (κ1) is 27.7. The van der Waals surface area contributed by atoms with Gasteiger partial charge in [-0.05, 0) is 50.5 Å². The zero-order chi connectivity index (χ0) is 28.4. The summed E-state index contributed by atoms with van der Waals surface area (Å²) < 4.78 is 42.1. The van der Waals surface area contributed by atoms with Crippen molar-refractivity contribution in [1.82, 2.24) is 0 Å². The standard InChI is InChI=1S/C35H30O3S3/c1-35(23-39(36)32-20-8-14-26-11-2-5-17-29(26)32,24-40(37)33-21-9-15-27-12-3-6-18-30(27)33)25-41(38)34-22-10-16-28-13-4-7-19-31(28)34/h2-22H,23-25H2,1H3. The Balaban J connectivity index is 1.38. The second-order valence-electron chi connectivity index (χ2n) is 10.7. The highest BCUT2D eigenvalue weighted by Crippen LogP contribution is 2.33. The fraction of sp³-hybridized carbons (Fsp3) is 0.143. The first-order valence-corrected chi connectivity index (χ1v) is 17.5.